The SMILES string of the molecule is CS(=O)(=O)N1CCc2cc(C(=O)NCCNc3ccccc3[N+](=O)[O-])ccc21. The van der Waals surface area contributed by atoms with Gasteiger partial charge >= 0.3 is 0 Å². The quantitative estimate of drug-likeness (QED) is 0.412. The number of rotatable bonds is 7. The van der Waals surface area contributed by atoms with E-state index in [0.29, 0.717) is 36.4 Å². The van der Waals surface area contributed by atoms with Crippen LogP contribution in [0.25, 0.3) is 0 Å². The van der Waals surface area contributed by atoms with E-state index in [1.165, 1.54) is 10.4 Å². The molecular formula is C18H20N4O5S. The highest BCUT2D eigenvalue weighted by molar-refractivity contribution is 7.92. The Labute approximate surface area is 162 Å². The summed E-state index contributed by atoms with van der Waals surface area (Å²) in [6.45, 7) is 0.972. The van der Waals surface area contributed by atoms with Gasteiger partial charge in [0.25, 0.3) is 11.6 Å². The number of nitro benzene ring substituents is 1. The summed E-state index contributed by atoms with van der Waals surface area (Å²) in [6, 6.07) is 11.2. The fourth-order valence-corrected chi connectivity index (χ4v) is 4.07. The molecule has 0 unspecified atom stereocenters. The first-order valence-corrected chi connectivity index (χ1v) is 10.5. The number of benzene rings is 2. The Morgan fingerprint density at radius 1 is 1.21 bits per heavy atom. The molecule has 0 spiro atoms. The van der Waals surface area contributed by atoms with Gasteiger partial charge in [-0.3, -0.25) is 19.2 Å². The van der Waals surface area contributed by atoms with Gasteiger partial charge in [-0.05, 0) is 36.2 Å². The van der Waals surface area contributed by atoms with Crippen LogP contribution in [0, 0.1) is 10.1 Å². The fraction of sp³-hybridized carbons (Fsp3) is 0.278. The van der Waals surface area contributed by atoms with E-state index in [-0.39, 0.29) is 18.1 Å². The van der Waals surface area contributed by atoms with Crippen molar-refractivity contribution < 1.29 is 18.1 Å². The topological polar surface area (TPSA) is 122 Å². The second kappa shape index (κ2) is 7.85. The zero-order valence-corrected chi connectivity index (χ0v) is 16.0. The monoisotopic (exact) mass is 404 g/mol. The minimum Gasteiger partial charge on any atom is -0.378 e. The Balaban J connectivity index is 1.57. The summed E-state index contributed by atoms with van der Waals surface area (Å²) >= 11 is 0. The number of nitrogens with one attached hydrogen (secondary N) is 2. The minimum absolute atomic E-state index is 0.0251. The zero-order valence-electron chi connectivity index (χ0n) is 15.2. The molecule has 2 aromatic carbocycles. The van der Waals surface area contributed by atoms with Gasteiger partial charge in [0, 0.05) is 31.3 Å². The maximum Gasteiger partial charge on any atom is 0.292 e. The molecule has 0 saturated heterocycles. The first-order chi connectivity index (χ1) is 13.3. The third-order valence-electron chi connectivity index (χ3n) is 4.42. The van der Waals surface area contributed by atoms with Crippen molar-refractivity contribution in [1.82, 2.24) is 5.32 Å². The van der Waals surface area contributed by atoms with Gasteiger partial charge in [-0.1, -0.05) is 12.1 Å². The predicted molar refractivity (Wildman–Crippen MR) is 106 cm³/mol. The molecular weight excluding hydrogens is 384 g/mol. The van der Waals surface area contributed by atoms with Crippen LogP contribution >= 0.6 is 0 Å². The molecule has 1 aliphatic rings. The van der Waals surface area contributed by atoms with E-state index < -0.39 is 14.9 Å². The van der Waals surface area contributed by atoms with E-state index >= 15 is 0 Å². The van der Waals surface area contributed by atoms with Gasteiger partial charge in [-0.25, -0.2) is 8.42 Å². The third kappa shape index (κ3) is 4.22. The molecule has 2 aromatic rings. The molecule has 1 heterocycles. The maximum atomic E-state index is 12.3. The summed E-state index contributed by atoms with van der Waals surface area (Å²) < 4.78 is 24.9. The second-order valence-electron chi connectivity index (χ2n) is 6.39. The Hall–Kier alpha value is -3.14. The molecule has 0 bridgehead atoms. The van der Waals surface area contributed by atoms with Crippen LogP contribution in [0.4, 0.5) is 17.1 Å². The van der Waals surface area contributed by atoms with E-state index in [2.05, 4.69) is 10.6 Å². The van der Waals surface area contributed by atoms with Crippen LogP contribution in [-0.4, -0.2) is 45.1 Å². The molecule has 0 radical (unpaired) electrons. The lowest BCUT2D eigenvalue weighted by Crippen LogP contribution is -2.29. The number of fused-ring (bicyclic) bond motifs is 1. The van der Waals surface area contributed by atoms with Crippen molar-refractivity contribution in [3.05, 3.63) is 63.7 Å². The number of hydrogen-bond donors (Lipinski definition) is 2. The van der Waals surface area contributed by atoms with Crippen LogP contribution in [0.2, 0.25) is 0 Å². The summed E-state index contributed by atoms with van der Waals surface area (Å²) in [6.07, 6.45) is 1.72. The van der Waals surface area contributed by atoms with Gasteiger partial charge in [0.2, 0.25) is 10.0 Å². The molecule has 148 valence electrons. The molecule has 1 amide bonds. The lowest BCUT2D eigenvalue weighted by molar-refractivity contribution is -0.384. The van der Waals surface area contributed by atoms with E-state index in [1.807, 2.05) is 0 Å². The third-order valence-corrected chi connectivity index (χ3v) is 5.60. The predicted octanol–water partition coefficient (Wildman–Crippen LogP) is 1.76. The van der Waals surface area contributed by atoms with Crippen molar-refractivity contribution in [1.29, 1.82) is 0 Å². The molecule has 10 heteroatoms. The van der Waals surface area contributed by atoms with Crippen molar-refractivity contribution >= 4 is 33.0 Å². The number of nitro groups is 1. The summed E-state index contributed by atoms with van der Waals surface area (Å²) in [5.74, 6) is -0.287. The first kappa shape index (κ1) is 19.6. The van der Waals surface area contributed by atoms with E-state index in [1.54, 1.807) is 36.4 Å². The summed E-state index contributed by atoms with van der Waals surface area (Å²) in [5, 5.41) is 16.7. The standard InChI is InChI=1S/C18H20N4O5S/c1-28(26,27)21-11-8-13-12-14(6-7-16(13)21)18(23)20-10-9-19-15-4-2-3-5-17(15)22(24)25/h2-7,12,19H,8-11H2,1H3,(H,20,23). The molecule has 0 fully saturated rings. The maximum absolute atomic E-state index is 12.3. The number of sulfonamides is 1. The van der Waals surface area contributed by atoms with Crippen LogP contribution in [-0.2, 0) is 16.4 Å². The Kier molecular flexibility index (Phi) is 5.50. The normalized spacial score (nSPS) is 13.1. The largest absolute Gasteiger partial charge is 0.378 e. The number of anilines is 2. The van der Waals surface area contributed by atoms with Crippen molar-refractivity contribution in [2.45, 2.75) is 6.42 Å². The van der Waals surface area contributed by atoms with Gasteiger partial charge in [-0.15, -0.1) is 0 Å². The van der Waals surface area contributed by atoms with Gasteiger partial charge in [0.1, 0.15) is 5.69 Å². The number of carbonyl (C=O) groups is 1. The average molecular weight is 404 g/mol. The second-order valence-corrected chi connectivity index (χ2v) is 8.29. The van der Waals surface area contributed by atoms with Crippen LogP contribution in [0.5, 0.6) is 0 Å². The van der Waals surface area contributed by atoms with Crippen molar-refractivity contribution in [3.63, 3.8) is 0 Å². The lowest BCUT2D eigenvalue weighted by Gasteiger charge is -2.16. The molecule has 0 aliphatic carbocycles. The van der Waals surface area contributed by atoms with E-state index in [4.69, 9.17) is 0 Å². The molecule has 1 aliphatic heterocycles. The van der Waals surface area contributed by atoms with Crippen molar-refractivity contribution in [2.24, 2.45) is 0 Å². The fourth-order valence-electron chi connectivity index (χ4n) is 3.11. The number of hydrogen-bond acceptors (Lipinski definition) is 6. The number of para-hydroxylation sites is 2. The Bertz CT molecular complexity index is 1020. The zero-order chi connectivity index (χ0) is 20.3. The lowest BCUT2D eigenvalue weighted by atomic mass is 10.1. The molecule has 0 saturated carbocycles. The van der Waals surface area contributed by atoms with E-state index in [9.17, 15) is 23.3 Å². The molecule has 0 aromatic heterocycles. The number of nitrogens with zero attached hydrogens (tertiary/aromatic N) is 2. The highest BCUT2D eigenvalue weighted by atomic mass is 32.2. The van der Waals surface area contributed by atoms with Gasteiger partial charge in [0.15, 0.2) is 0 Å². The number of carbonyl (C=O) groups excluding carboxylic acids is 1. The summed E-state index contributed by atoms with van der Waals surface area (Å²) in [5.41, 5.74) is 2.23. The van der Waals surface area contributed by atoms with Crippen molar-refractivity contribution in [3.8, 4) is 0 Å². The highest BCUT2D eigenvalue weighted by Crippen LogP contribution is 2.30. The van der Waals surface area contributed by atoms with Gasteiger partial charge in [-0.2, -0.15) is 0 Å². The molecule has 3 rings (SSSR count). The summed E-state index contributed by atoms with van der Waals surface area (Å²) in [7, 11) is -3.33. The minimum atomic E-state index is -3.33. The molecule has 28 heavy (non-hydrogen) atoms. The molecule has 2 N–H and O–H groups in total. The van der Waals surface area contributed by atoms with Crippen LogP contribution in [0.3, 0.4) is 0 Å². The molecule has 0 atom stereocenters. The highest BCUT2D eigenvalue weighted by Gasteiger charge is 2.26. The van der Waals surface area contributed by atoms with Crippen LogP contribution in [0.1, 0.15) is 15.9 Å². The smallest absolute Gasteiger partial charge is 0.292 e. The number of amides is 1. The van der Waals surface area contributed by atoms with Crippen LogP contribution < -0.4 is 14.9 Å². The van der Waals surface area contributed by atoms with Crippen LogP contribution in [0.15, 0.2) is 42.5 Å². The van der Waals surface area contributed by atoms with Crippen molar-refractivity contribution in [2.75, 3.05) is 35.5 Å². The van der Waals surface area contributed by atoms with Gasteiger partial charge < -0.3 is 10.6 Å². The Morgan fingerprint density at radius 2 is 1.96 bits per heavy atom. The average Bonchev–Trinajstić information content (AvgIpc) is 3.08. The molecule has 9 nitrogen and oxygen atoms in total. The first-order valence-electron chi connectivity index (χ1n) is 8.63. The van der Waals surface area contributed by atoms with E-state index in [0.717, 1.165) is 11.8 Å². The summed E-state index contributed by atoms with van der Waals surface area (Å²) in [4.78, 5) is 22.8. The Morgan fingerprint density at radius 3 is 2.68 bits per heavy atom. The van der Waals surface area contributed by atoms with Gasteiger partial charge in [0.05, 0.1) is 16.9 Å².